The van der Waals surface area contributed by atoms with E-state index in [0.717, 1.165) is 37.3 Å². The molecule has 4 heterocycles. The first-order valence-corrected chi connectivity index (χ1v) is 14.4. The molecule has 1 fully saturated rings. The van der Waals surface area contributed by atoms with E-state index in [0.29, 0.717) is 48.6 Å². The predicted molar refractivity (Wildman–Crippen MR) is 168 cm³/mol. The van der Waals surface area contributed by atoms with Crippen molar-refractivity contribution in [2.45, 2.75) is 20.0 Å². The molecule has 12 heteroatoms. The number of anilines is 2. The van der Waals surface area contributed by atoms with E-state index in [1.54, 1.807) is 41.2 Å². The Bertz CT molecular complexity index is 1650. The zero-order chi connectivity index (χ0) is 30.3. The molecule has 0 aliphatic carbocycles. The van der Waals surface area contributed by atoms with E-state index in [1.165, 1.54) is 0 Å². The fourth-order valence-electron chi connectivity index (χ4n) is 5.10. The molecule has 0 spiro atoms. The van der Waals surface area contributed by atoms with Crippen LogP contribution in [0.3, 0.4) is 0 Å². The number of fused-ring (bicyclic) bond motifs is 1. The zero-order valence-corrected chi connectivity index (χ0v) is 24.5. The van der Waals surface area contributed by atoms with Gasteiger partial charge in [0.1, 0.15) is 17.0 Å². The van der Waals surface area contributed by atoms with Crippen LogP contribution in [-0.4, -0.2) is 82.6 Å². The number of aryl methyl sites for hydroxylation is 1. The van der Waals surface area contributed by atoms with Crippen molar-refractivity contribution in [3.05, 3.63) is 82.3 Å². The molecule has 0 radical (unpaired) electrons. The summed E-state index contributed by atoms with van der Waals surface area (Å²) in [6.45, 7) is 7.71. The van der Waals surface area contributed by atoms with Gasteiger partial charge in [0, 0.05) is 76.0 Å². The van der Waals surface area contributed by atoms with Crippen LogP contribution in [0.1, 0.15) is 22.8 Å². The highest BCUT2D eigenvalue weighted by atomic mass is 16.2. The number of nitrogens with two attached hydrogens (primary N) is 1. The van der Waals surface area contributed by atoms with E-state index in [-0.39, 0.29) is 17.4 Å². The normalized spacial score (nSPS) is 14.0. The summed E-state index contributed by atoms with van der Waals surface area (Å²) in [6.07, 6.45) is 3.38. The number of nitrogens with one attached hydrogen (secondary N) is 3. The summed E-state index contributed by atoms with van der Waals surface area (Å²) < 4.78 is 1.69. The Labute approximate surface area is 249 Å². The summed E-state index contributed by atoms with van der Waals surface area (Å²) >= 11 is 0. The van der Waals surface area contributed by atoms with Gasteiger partial charge in [-0.3, -0.25) is 19.5 Å². The summed E-state index contributed by atoms with van der Waals surface area (Å²) in [5, 5.41) is 8.82. The second-order valence-electron chi connectivity index (χ2n) is 10.5. The molecule has 43 heavy (non-hydrogen) atoms. The number of likely N-dealkylation sites (N-methyl/N-ethyl adjacent to an activating group) is 1. The van der Waals surface area contributed by atoms with Crippen molar-refractivity contribution >= 4 is 34.5 Å². The van der Waals surface area contributed by atoms with Gasteiger partial charge in [-0.2, -0.15) is 0 Å². The maximum Gasteiger partial charge on any atom is 0.319 e. The van der Waals surface area contributed by atoms with Gasteiger partial charge in [-0.15, -0.1) is 0 Å². The molecule has 0 saturated carbocycles. The van der Waals surface area contributed by atoms with Gasteiger partial charge in [0.05, 0.1) is 11.1 Å². The van der Waals surface area contributed by atoms with Gasteiger partial charge in [0.15, 0.2) is 0 Å². The Morgan fingerprint density at radius 1 is 1.00 bits per heavy atom. The third kappa shape index (κ3) is 6.99. The van der Waals surface area contributed by atoms with Gasteiger partial charge < -0.3 is 31.2 Å². The lowest BCUT2D eigenvalue weighted by Gasteiger charge is -2.32. The third-order valence-corrected chi connectivity index (χ3v) is 7.62. The molecule has 0 bridgehead atoms. The van der Waals surface area contributed by atoms with Gasteiger partial charge in [0.25, 0.3) is 5.91 Å². The fraction of sp³-hybridized carbons (Fsp3) is 0.323. The van der Waals surface area contributed by atoms with Gasteiger partial charge in [-0.25, -0.2) is 9.78 Å². The molecule has 224 valence electrons. The number of hydrogen-bond acceptors (Lipinski definition) is 8. The van der Waals surface area contributed by atoms with Crippen molar-refractivity contribution in [1.82, 2.24) is 35.0 Å². The van der Waals surface area contributed by atoms with Crippen LogP contribution < -0.4 is 27.1 Å². The highest BCUT2D eigenvalue weighted by molar-refractivity contribution is 6.01. The number of benzene rings is 1. The van der Waals surface area contributed by atoms with E-state index in [2.05, 4.69) is 37.8 Å². The highest BCUT2D eigenvalue weighted by Crippen LogP contribution is 2.24. The van der Waals surface area contributed by atoms with E-state index >= 15 is 0 Å². The van der Waals surface area contributed by atoms with Crippen LogP contribution in [0.4, 0.5) is 16.3 Å². The molecule has 4 aromatic rings. The van der Waals surface area contributed by atoms with E-state index in [4.69, 9.17) is 10.7 Å². The van der Waals surface area contributed by atoms with Crippen molar-refractivity contribution in [3.8, 4) is 11.3 Å². The van der Waals surface area contributed by atoms with E-state index in [9.17, 15) is 14.4 Å². The topological polar surface area (TPSA) is 151 Å². The number of nitrogen functional groups attached to an aromatic ring is 1. The summed E-state index contributed by atoms with van der Waals surface area (Å²) in [6, 6.07) is 14.0. The third-order valence-electron chi connectivity index (χ3n) is 7.62. The predicted octanol–water partition coefficient (Wildman–Crippen LogP) is 2.36. The number of carbonyl (C=O) groups is 2. The Hall–Kier alpha value is -4.81. The molecule has 1 aliphatic heterocycles. The zero-order valence-electron chi connectivity index (χ0n) is 24.5. The molecule has 1 aliphatic rings. The molecular formula is C31H37N9O3. The van der Waals surface area contributed by atoms with Crippen LogP contribution in [0, 0.1) is 0 Å². The van der Waals surface area contributed by atoms with Gasteiger partial charge >= 0.3 is 6.03 Å². The van der Waals surface area contributed by atoms with Crippen LogP contribution in [0.25, 0.3) is 22.3 Å². The van der Waals surface area contributed by atoms with Crippen LogP contribution in [0.2, 0.25) is 0 Å². The Morgan fingerprint density at radius 3 is 2.47 bits per heavy atom. The van der Waals surface area contributed by atoms with Crippen molar-refractivity contribution in [1.29, 1.82) is 0 Å². The van der Waals surface area contributed by atoms with Crippen LogP contribution >= 0.6 is 0 Å². The first-order chi connectivity index (χ1) is 20.8. The Kier molecular flexibility index (Phi) is 9.28. The average molecular weight is 584 g/mol. The second-order valence-corrected chi connectivity index (χ2v) is 10.5. The quantitative estimate of drug-likeness (QED) is 0.235. The Balaban J connectivity index is 1.28. The lowest BCUT2D eigenvalue weighted by molar-refractivity contribution is 0.0940. The van der Waals surface area contributed by atoms with Crippen molar-refractivity contribution in [3.63, 3.8) is 0 Å². The fourth-order valence-corrected chi connectivity index (χ4v) is 5.10. The minimum atomic E-state index is -0.475. The molecule has 12 nitrogen and oxygen atoms in total. The van der Waals surface area contributed by atoms with E-state index < -0.39 is 11.3 Å². The Morgan fingerprint density at radius 2 is 1.77 bits per heavy atom. The van der Waals surface area contributed by atoms with E-state index in [1.807, 2.05) is 31.2 Å². The van der Waals surface area contributed by atoms with Crippen molar-refractivity contribution < 1.29 is 9.59 Å². The minimum absolute atomic E-state index is 0.0560. The number of nitrogens with zero attached hydrogens (tertiary/aromatic N) is 5. The number of aromatic nitrogens is 3. The largest absolute Gasteiger partial charge is 0.384 e. The molecule has 5 N–H and O–H groups in total. The van der Waals surface area contributed by atoms with Crippen LogP contribution in [0.15, 0.2) is 65.7 Å². The molecule has 3 aromatic heterocycles. The van der Waals surface area contributed by atoms with Crippen LogP contribution in [0.5, 0.6) is 0 Å². The number of piperazine rings is 1. The molecule has 0 atom stereocenters. The summed E-state index contributed by atoms with van der Waals surface area (Å²) in [7, 11) is 2.10. The van der Waals surface area contributed by atoms with Gasteiger partial charge in [-0.1, -0.05) is 18.2 Å². The molecular weight excluding hydrogens is 546 g/mol. The van der Waals surface area contributed by atoms with Crippen LogP contribution in [-0.2, 0) is 13.1 Å². The first-order valence-electron chi connectivity index (χ1n) is 14.4. The lowest BCUT2D eigenvalue weighted by Crippen LogP contribution is -2.47. The summed E-state index contributed by atoms with van der Waals surface area (Å²) in [5.74, 6) is -0.379. The number of urea groups is 1. The monoisotopic (exact) mass is 583 g/mol. The molecule has 1 aromatic carbocycles. The number of hydrogen-bond donors (Lipinski definition) is 4. The number of amides is 3. The number of pyridine rings is 3. The smallest absolute Gasteiger partial charge is 0.319 e. The summed E-state index contributed by atoms with van der Waals surface area (Å²) in [4.78, 5) is 52.2. The standard InChI is InChI=1S/C31H37N9O3/c1-3-40-28(32)26(30(42)34-13-14-39-17-15-38(2)16-18-39)27(41)24-10-11-25(37-29(24)40)22-6-8-23(9-7-22)36-31(43)35-20-21-5-4-12-33-19-21/h4-12,19H,3,13-18,20,32H2,1-2H3,(H,34,42)(H2,35,36,43). The molecule has 0 unspecified atom stereocenters. The van der Waals surface area contributed by atoms with Gasteiger partial charge in [-0.05, 0) is 49.9 Å². The average Bonchev–Trinajstić information content (AvgIpc) is 3.02. The first kappa shape index (κ1) is 29.7. The molecule has 3 amide bonds. The number of carbonyl (C=O) groups excluding carboxylic acids is 2. The molecule has 5 rings (SSSR count). The lowest BCUT2D eigenvalue weighted by atomic mass is 10.1. The number of rotatable bonds is 9. The molecule has 1 saturated heterocycles. The SMILES string of the molecule is CCn1c(N)c(C(=O)NCCN2CCN(C)CC2)c(=O)c2ccc(-c3ccc(NC(=O)NCc4cccnc4)cc3)nc21. The minimum Gasteiger partial charge on any atom is -0.384 e. The highest BCUT2D eigenvalue weighted by Gasteiger charge is 2.22. The van der Waals surface area contributed by atoms with Crippen molar-refractivity contribution in [2.75, 3.05) is 57.4 Å². The van der Waals surface area contributed by atoms with Crippen molar-refractivity contribution in [2.24, 2.45) is 0 Å². The second kappa shape index (κ2) is 13.4. The van der Waals surface area contributed by atoms with Gasteiger partial charge in [0.2, 0.25) is 5.43 Å². The summed E-state index contributed by atoms with van der Waals surface area (Å²) in [5.41, 5.74) is 9.26. The maximum absolute atomic E-state index is 13.4. The maximum atomic E-state index is 13.4.